The molecule has 2 aliphatic heterocycles. The third-order valence-electron chi connectivity index (χ3n) is 4.51. The van der Waals surface area contributed by atoms with Crippen LogP contribution in [0.2, 0.25) is 0 Å². The molecule has 3 amide bonds. The van der Waals surface area contributed by atoms with E-state index in [-0.39, 0.29) is 0 Å². The Kier molecular flexibility index (Phi) is 3.80. The number of methoxy groups -OCH3 is 1. The van der Waals surface area contributed by atoms with E-state index in [0.29, 0.717) is 11.3 Å². The molecule has 130 valence electrons. The van der Waals surface area contributed by atoms with Gasteiger partial charge >= 0.3 is 6.03 Å². The first-order valence-corrected chi connectivity index (χ1v) is 9.19. The minimum atomic E-state index is -3.48. The Labute approximate surface area is 139 Å². The number of urea groups is 1. The Bertz CT molecular complexity index is 791. The van der Waals surface area contributed by atoms with E-state index in [1.54, 1.807) is 31.2 Å². The number of carbonyl (C=O) groups excluding carboxylic acids is 2. The van der Waals surface area contributed by atoms with Gasteiger partial charge in [0.1, 0.15) is 11.3 Å². The number of carbonyl (C=O) groups is 2. The summed E-state index contributed by atoms with van der Waals surface area (Å²) in [5.41, 5.74) is -0.783. The number of rotatable bonds is 3. The van der Waals surface area contributed by atoms with Gasteiger partial charge in [-0.3, -0.25) is 9.69 Å². The number of hydrogen-bond acceptors (Lipinski definition) is 6. The highest BCUT2D eigenvalue weighted by Crippen LogP contribution is 2.33. The lowest BCUT2D eigenvalue weighted by atomic mass is 9.91. The molecule has 1 aromatic carbocycles. The van der Waals surface area contributed by atoms with Crippen LogP contribution in [0.3, 0.4) is 0 Å². The molecule has 2 aliphatic rings. The van der Waals surface area contributed by atoms with Crippen LogP contribution in [0, 0.1) is 0 Å². The number of benzene rings is 1. The van der Waals surface area contributed by atoms with Crippen molar-refractivity contribution in [2.45, 2.75) is 24.6 Å². The minimum absolute atomic E-state index is 0.425. The fraction of sp³-hybridized carbons (Fsp3) is 0.467. The molecule has 3 atom stereocenters. The van der Waals surface area contributed by atoms with Crippen molar-refractivity contribution in [3.05, 3.63) is 29.8 Å². The summed E-state index contributed by atoms with van der Waals surface area (Å²) in [5, 5.41) is 12.6. The zero-order chi connectivity index (χ0) is 17.7. The van der Waals surface area contributed by atoms with Crippen molar-refractivity contribution in [3.63, 3.8) is 0 Å². The third-order valence-corrected chi connectivity index (χ3v) is 6.21. The predicted octanol–water partition coefficient (Wildman–Crippen LogP) is -0.380. The molecule has 3 rings (SSSR count). The Balaban J connectivity index is 1.93. The number of hydrogen-bond donors (Lipinski definition) is 2. The fourth-order valence-electron chi connectivity index (χ4n) is 3.14. The van der Waals surface area contributed by atoms with Gasteiger partial charge in [-0.25, -0.2) is 13.2 Å². The molecule has 0 bridgehead atoms. The highest BCUT2D eigenvalue weighted by Gasteiger charge is 2.55. The molecule has 9 heteroatoms. The molecular weight excluding hydrogens is 336 g/mol. The first-order valence-electron chi connectivity index (χ1n) is 7.37. The van der Waals surface area contributed by atoms with E-state index in [1.807, 2.05) is 0 Å². The Hall–Kier alpha value is -2.13. The molecule has 2 N–H and O–H groups in total. The second-order valence-corrected chi connectivity index (χ2v) is 8.32. The van der Waals surface area contributed by atoms with Crippen LogP contribution in [-0.4, -0.2) is 61.1 Å². The summed E-state index contributed by atoms with van der Waals surface area (Å²) >= 11 is 0. The summed E-state index contributed by atoms with van der Waals surface area (Å²) in [6.07, 6.45) is -1.28. The summed E-state index contributed by atoms with van der Waals surface area (Å²) in [7, 11) is -1.96. The van der Waals surface area contributed by atoms with Gasteiger partial charge in [-0.2, -0.15) is 0 Å². The molecule has 1 aromatic rings. The molecule has 0 aromatic heterocycles. The zero-order valence-electron chi connectivity index (χ0n) is 13.2. The Morgan fingerprint density at radius 2 is 1.88 bits per heavy atom. The van der Waals surface area contributed by atoms with Crippen LogP contribution in [0.15, 0.2) is 24.3 Å². The number of nitrogens with one attached hydrogen (secondary N) is 1. The van der Waals surface area contributed by atoms with Crippen molar-refractivity contribution in [2.75, 3.05) is 18.6 Å². The number of aliphatic hydroxyl groups is 1. The second kappa shape index (κ2) is 5.45. The van der Waals surface area contributed by atoms with E-state index in [1.165, 1.54) is 7.11 Å². The maximum Gasteiger partial charge on any atom is 0.325 e. The molecule has 2 heterocycles. The smallest absolute Gasteiger partial charge is 0.325 e. The number of aliphatic hydroxyl groups excluding tert-OH is 1. The summed E-state index contributed by atoms with van der Waals surface area (Å²) in [6, 6.07) is 4.86. The van der Waals surface area contributed by atoms with E-state index in [4.69, 9.17) is 4.74 Å². The summed E-state index contributed by atoms with van der Waals surface area (Å²) in [5.74, 6) is -0.855. The predicted molar refractivity (Wildman–Crippen MR) is 84.2 cm³/mol. The van der Waals surface area contributed by atoms with Crippen LogP contribution in [0.5, 0.6) is 5.75 Å². The molecule has 2 fully saturated rings. The summed E-state index contributed by atoms with van der Waals surface area (Å²) < 4.78 is 28.4. The lowest BCUT2D eigenvalue weighted by molar-refractivity contribution is -0.133. The summed E-state index contributed by atoms with van der Waals surface area (Å²) in [6.45, 7) is 1.55. The van der Waals surface area contributed by atoms with Gasteiger partial charge in [0.05, 0.1) is 30.8 Å². The Morgan fingerprint density at radius 1 is 1.25 bits per heavy atom. The van der Waals surface area contributed by atoms with Gasteiger partial charge in [-0.1, -0.05) is 12.1 Å². The highest BCUT2D eigenvalue weighted by molar-refractivity contribution is 7.91. The van der Waals surface area contributed by atoms with Crippen molar-refractivity contribution in [2.24, 2.45) is 0 Å². The van der Waals surface area contributed by atoms with Gasteiger partial charge < -0.3 is 15.2 Å². The highest BCUT2D eigenvalue weighted by atomic mass is 32.2. The van der Waals surface area contributed by atoms with Gasteiger partial charge in [0.15, 0.2) is 9.84 Å². The number of amides is 3. The maximum atomic E-state index is 12.8. The topological polar surface area (TPSA) is 113 Å². The monoisotopic (exact) mass is 354 g/mol. The van der Waals surface area contributed by atoms with E-state index < -0.39 is 51.0 Å². The van der Waals surface area contributed by atoms with E-state index in [9.17, 15) is 23.1 Å². The van der Waals surface area contributed by atoms with Crippen LogP contribution in [0.4, 0.5) is 4.79 Å². The van der Waals surface area contributed by atoms with Crippen molar-refractivity contribution < 1.29 is 27.9 Å². The van der Waals surface area contributed by atoms with E-state index >= 15 is 0 Å². The lowest BCUT2D eigenvalue weighted by Crippen LogP contribution is -2.48. The maximum absolute atomic E-state index is 12.8. The lowest BCUT2D eigenvalue weighted by Gasteiger charge is -2.25. The first-order chi connectivity index (χ1) is 11.2. The molecule has 0 unspecified atom stereocenters. The molecular formula is C15H18N2O6S. The number of imide groups is 1. The average molecular weight is 354 g/mol. The normalized spacial score (nSPS) is 32.0. The number of sulfone groups is 1. The molecule has 8 nitrogen and oxygen atoms in total. The van der Waals surface area contributed by atoms with Crippen LogP contribution >= 0.6 is 0 Å². The van der Waals surface area contributed by atoms with E-state index in [2.05, 4.69) is 5.32 Å². The van der Waals surface area contributed by atoms with Crippen LogP contribution < -0.4 is 10.1 Å². The molecule has 0 radical (unpaired) electrons. The summed E-state index contributed by atoms with van der Waals surface area (Å²) in [4.78, 5) is 26.0. The average Bonchev–Trinajstić information content (AvgIpc) is 2.92. The van der Waals surface area contributed by atoms with Crippen LogP contribution in [0.25, 0.3) is 0 Å². The fourth-order valence-corrected chi connectivity index (χ4v) is 4.91. The molecule has 2 saturated heterocycles. The van der Waals surface area contributed by atoms with Crippen LogP contribution in [-0.2, 0) is 20.2 Å². The first kappa shape index (κ1) is 16.7. The van der Waals surface area contributed by atoms with E-state index in [0.717, 1.165) is 4.90 Å². The quantitative estimate of drug-likeness (QED) is 0.716. The van der Waals surface area contributed by atoms with Crippen molar-refractivity contribution in [1.29, 1.82) is 0 Å². The minimum Gasteiger partial charge on any atom is -0.497 e. The van der Waals surface area contributed by atoms with Gasteiger partial charge in [-0.15, -0.1) is 0 Å². The second-order valence-electron chi connectivity index (χ2n) is 6.17. The molecule has 0 spiro atoms. The van der Waals surface area contributed by atoms with Gasteiger partial charge in [0, 0.05) is 0 Å². The number of nitrogens with zero attached hydrogens (tertiary/aromatic N) is 1. The third kappa shape index (κ3) is 2.53. The van der Waals surface area contributed by atoms with Crippen molar-refractivity contribution in [3.8, 4) is 5.75 Å². The van der Waals surface area contributed by atoms with Gasteiger partial charge in [0.2, 0.25) is 0 Å². The number of ether oxygens (including phenoxy) is 1. The largest absolute Gasteiger partial charge is 0.497 e. The molecule has 24 heavy (non-hydrogen) atoms. The SMILES string of the molecule is COc1ccc([C@]2(C)NC(=O)N([C@H]3CS(=O)(=O)C[C@@H]3O)C2=O)cc1. The van der Waals surface area contributed by atoms with Crippen molar-refractivity contribution >= 4 is 21.8 Å². The standard InChI is InChI=1S/C15H18N2O6S/c1-15(9-3-5-10(23-2)6-4-9)13(19)17(14(20)16-15)11-7-24(21,22)8-12(11)18/h3-6,11-12,18H,7-8H2,1-2H3,(H,16,20)/t11-,12-,15-/m0/s1. The Morgan fingerprint density at radius 3 is 2.38 bits per heavy atom. The van der Waals surface area contributed by atoms with Gasteiger partial charge in [-0.05, 0) is 24.6 Å². The zero-order valence-corrected chi connectivity index (χ0v) is 14.0. The van der Waals surface area contributed by atoms with Gasteiger partial charge in [0.25, 0.3) is 5.91 Å². The molecule has 0 aliphatic carbocycles. The van der Waals surface area contributed by atoms with Crippen LogP contribution in [0.1, 0.15) is 12.5 Å². The van der Waals surface area contributed by atoms with Crippen molar-refractivity contribution in [1.82, 2.24) is 10.2 Å². The molecule has 0 saturated carbocycles.